The van der Waals surface area contributed by atoms with Crippen LogP contribution < -0.4 is 14.5 Å². The van der Waals surface area contributed by atoms with Crippen LogP contribution in [0.1, 0.15) is 72.0 Å². The molecule has 75 heavy (non-hydrogen) atoms. The Labute approximate surface area is 450 Å². The largest absolute Gasteiger partial charge is 0.457 e. The fraction of sp³-hybridized carbons (Fsp3) is 0.157. The van der Waals surface area contributed by atoms with E-state index in [1.54, 1.807) is 18.2 Å². The van der Waals surface area contributed by atoms with Crippen LogP contribution in [0.2, 0.25) is 0 Å². The zero-order valence-corrected chi connectivity index (χ0v) is 43.2. The number of hydrogen-bond donors (Lipinski definition) is 0. The van der Waals surface area contributed by atoms with Crippen LogP contribution in [0.25, 0.3) is 72.1 Å². The standard InChI is InChI=1S/C70H62N4O/c1-46-16-13-17-52(40-46)62-44-71-67(41-47(62)2)74-63-23-10-9-20-60(63)61-39-38-57(43-66(61)74)75-56-19-14-18-55(42-56)72-45-73(65-25-12-11-24-64(65)72)68-58(21-15-22-59(68)51-32-36-54(37-33-51)70(6,7)8)50-28-26-48(27-29-50)49-30-34-53(35-31-49)69(3,4)5/h9-44H,45H2,1-8H3/i1D3,2D3. The summed E-state index contributed by atoms with van der Waals surface area (Å²) in [5.74, 6) is 1.64. The molecule has 0 bridgehead atoms. The minimum Gasteiger partial charge on any atom is -0.457 e. The van der Waals surface area contributed by atoms with Gasteiger partial charge in [-0.3, -0.25) is 4.57 Å². The van der Waals surface area contributed by atoms with Gasteiger partial charge in [-0.2, -0.15) is 0 Å². The first-order chi connectivity index (χ1) is 38.7. The Morgan fingerprint density at radius 3 is 1.72 bits per heavy atom. The van der Waals surface area contributed by atoms with Crippen LogP contribution in [0.3, 0.4) is 0 Å². The molecule has 0 saturated carbocycles. The molecular weight excluding hydrogens is 913 g/mol. The molecule has 0 unspecified atom stereocenters. The van der Waals surface area contributed by atoms with Crippen LogP contribution in [0.15, 0.2) is 219 Å². The van der Waals surface area contributed by atoms with Crippen molar-refractivity contribution in [1.29, 1.82) is 0 Å². The average Bonchev–Trinajstić information content (AvgIpc) is 4.12. The summed E-state index contributed by atoms with van der Waals surface area (Å²) in [4.78, 5) is 9.67. The van der Waals surface area contributed by atoms with Crippen molar-refractivity contribution >= 4 is 44.6 Å². The van der Waals surface area contributed by atoms with E-state index in [2.05, 4.69) is 179 Å². The van der Waals surface area contributed by atoms with Crippen molar-refractivity contribution in [2.24, 2.45) is 0 Å². The summed E-state index contributed by atoms with van der Waals surface area (Å²) in [5, 5.41) is 1.91. The van der Waals surface area contributed by atoms with E-state index >= 15 is 0 Å². The van der Waals surface area contributed by atoms with Gasteiger partial charge in [0.15, 0.2) is 0 Å². The van der Waals surface area contributed by atoms with Crippen LogP contribution in [0.5, 0.6) is 11.5 Å². The fourth-order valence-corrected chi connectivity index (χ4v) is 10.7. The lowest BCUT2D eigenvalue weighted by Crippen LogP contribution is -2.25. The summed E-state index contributed by atoms with van der Waals surface area (Å²) in [5.41, 5.74) is 16.4. The topological polar surface area (TPSA) is 33.5 Å². The molecular formula is C70H62N4O. The molecule has 9 aromatic carbocycles. The second kappa shape index (κ2) is 18.7. The van der Waals surface area contributed by atoms with Gasteiger partial charge in [0.1, 0.15) is 24.0 Å². The molecule has 0 radical (unpaired) electrons. The highest BCUT2D eigenvalue weighted by Gasteiger charge is 2.32. The summed E-state index contributed by atoms with van der Waals surface area (Å²) >= 11 is 0. The molecule has 11 aromatic rings. The third kappa shape index (κ3) is 8.93. The van der Waals surface area contributed by atoms with Gasteiger partial charge in [-0.05, 0) is 118 Å². The van der Waals surface area contributed by atoms with Gasteiger partial charge in [-0.1, -0.05) is 199 Å². The summed E-state index contributed by atoms with van der Waals surface area (Å²) in [6, 6.07) is 72.3. The Bertz CT molecular complexity index is 4170. The third-order valence-electron chi connectivity index (χ3n) is 14.7. The fourth-order valence-electron chi connectivity index (χ4n) is 10.7. The molecule has 2 aromatic heterocycles. The molecule has 3 heterocycles. The molecule has 0 atom stereocenters. The molecule has 5 heteroatoms. The van der Waals surface area contributed by atoms with Crippen molar-refractivity contribution in [3.8, 4) is 61.8 Å². The van der Waals surface area contributed by atoms with E-state index in [4.69, 9.17) is 17.9 Å². The first-order valence-corrected chi connectivity index (χ1v) is 25.7. The number of anilines is 4. The van der Waals surface area contributed by atoms with Gasteiger partial charge in [-0.25, -0.2) is 4.98 Å². The lowest BCUT2D eigenvalue weighted by atomic mass is 9.85. The van der Waals surface area contributed by atoms with Gasteiger partial charge in [-0.15, -0.1) is 0 Å². The molecule has 0 amide bonds. The highest BCUT2D eigenvalue weighted by molar-refractivity contribution is 6.09. The molecule has 368 valence electrons. The molecule has 0 fully saturated rings. The van der Waals surface area contributed by atoms with Crippen LogP contribution >= 0.6 is 0 Å². The molecule has 0 aliphatic carbocycles. The number of nitrogens with zero attached hydrogens (tertiary/aromatic N) is 4. The Hall–Kier alpha value is -8.67. The van der Waals surface area contributed by atoms with E-state index in [9.17, 15) is 0 Å². The normalized spacial score (nSPS) is 14.2. The molecule has 12 rings (SSSR count). The van der Waals surface area contributed by atoms with Gasteiger partial charge in [0.2, 0.25) is 0 Å². The van der Waals surface area contributed by atoms with Crippen molar-refractivity contribution in [2.75, 3.05) is 16.5 Å². The van der Waals surface area contributed by atoms with Crippen LogP contribution in [-0.4, -0.2) is 16.2 Å². The molecule has 0 spiro atoms. The van der Waals surface area contributed by atoms with Crippen LogP contribution in [0, 0.1) is 13.7 Å². The summed E-state index contributed by atoms with van der Waals surface area (Å²) in [7, 11) is 0. The molecule has 0 saturated heterocycles. The van der Waals surface area contributed by atoms with Gasteiger partial charge >= 0.3 is 0 Å². The predicted molar refractivity (Wildman–Crippen MR) is 316 cm³/mol. The van der Waals surface area contributed by atoms with Gasteiger partial charge in [0.05, 0.1) is 28.1 Å². The number of aryl methyl sites for hydroxylation is 2. The number of fused-ring (bicyclic) bond motifs is 4. The van der Waals surface area contributed by atoms with Gasteiger partial charge in [0, 0.05) is 59.7 Å². The van der Waals surface area contributed by atoms with E-state index < -0.39 is 13.7 Å². The van der Waals surface area contributed by atoms with Crippen molar-refractivity contribution in [2.45, 2.75) is 66.1 Å². The number of rotatable bonds is 9. The number of ether oxygens (including phenoxy) is 1. The molecule has 1 aliphatic rings. The van der Waals surface area contributed by atoms with Crippen LogP contribution in [0.4, 0.5) is 22.7 Å². The van der Waals surface area contributed by atoms with E-state index in [-0.39, 0.29) is 22.0 Å². The SMILES string of the molecule is [2H]C([2H])([2H])c1cccc(-c2cnc(-n3c4ccccc4c4ccc(Oc5cccc(N6CN(c7c(-c8ccc(-c9ccc(C(C)(C)C)cc9)cc8)cccc7-c7ccc(C(C)(C)C)cc7)c7ccccc76)c5)cc43)cc2C([2H])([2H])[2H])c1. The van der Waals surface area contributed by atoms with Crippen molar-refractivity contribution in [1.82, 2.24) is 9.55 Å². The highest BCUT2D eigenvalue weighted by atomic mass is 16.5. The second-order valence-electron chi connectivity index (χ2n) is 21.7. The minimum atomic E-state index is -2.54. The maximum absolute atomic E-state index is 8.64. The molecule has 1 aliphatic heterocycles. The Morgan fingerprint density at radius 1 is 0.453 bits per heavy atom. The van der Waals surface area contributed by atoms with Crippen molar-refractivity contribution in [3.05, 3.63) is 241 Å². The van der Waals surface area contributed by atoms with E-state index in [1.165, 1.54) is 40.6 Å². The smallest absolute Gasteiger partial charge is 0.137 e. The number of benzene rings is 9. The van der Waals surface area contributed by atoms with E-state index in [0.717, 1.165) is 66.8 Å². The Morgan fingerprint density at radius 2 is 1.04 bits per heavy atom. The van der Waals surface area contributed by atoms with Crippen molar-refractivity contribution < 1.29 is 13.0 Å². The quantitative estimate of drug-likeness (QED) is 0.144. The maximum Gasteiger partial charge on any atom is 0.137 e. The monoisotopic (exact) mass is 981 g/mol. The van der Waals surface area contributed by atoms with Crippen LogP contribution in [-0.2, 0) is 10.8 Å². The predicted octanol–water partition coefficient (Wildman–Crippen LogP) is 19.1. The highest BCUT2D eigenvalue weighted by Crippen LogP contribution is 2.51. The number of aromatic nitrogens is 2. The van der Waals surface area contributed by atoms with Gasteiger partial charge < -0.3 is 14.5 Å². The molecule has 5 nitrogen and oxygen atoms in total. The average molecular weight is 981 g/mol. The van der Waals surface area contributed by atoms with E-state index in [1.807, 2.05) is 59.2 Å². The summed E-state index contributed by atoms with van der Waals surface area (Å²) in [6.07, 6.45) is 1.54. The van der Waals surface area contributed by atoms with E-state index in [0.29, 0.717) is 35.1 Å². The molecule has 0 N–H and O–H groups in total. The maximum atomic E-state index is 8.64. The Kier molecular flexibility index (Phi) is 10.1. The first kappa shape index (κ1) is 40.8. The zero-order valence-electron chi connectivity index (χ0n) is 49.2. The minimum absolute atomic E-state index is 0.0110. The summed E-state index contributed by atoms with van der Waals surface area (Å²) in [6.45, 7) is 9.12. The lowest BCUT2D eigenvalue weighted by Gasteiger charge is -2.27. The zero-order chi connectivity index (χ0) is 56.6. The summed E-state index contributed by atoms with van der Waals surface area (Å²) < 4.78 is 58.7. The van der Waals surface area contributed by atoms with Gasteiger partial charge in [0.25, 0.3) is 0 Å². The third-order valence-corrected chi connectivity index (χ3v) is 14.7. The second-order valence-corrected chi connectivity index (χ2v) is 21.7. The van der Waals surface area contributed by atoms with Crippen molar-refractivity contribution in [3.63, 3.8) is 0 Å². The number of pyridine rings is 1. The Balaban J connectivity index is 0.904. The first-order valence-electron chi connectivity index (χ1n) is 28.7. The number of para-hydroxylation sites is 4. The lowest BCUT2D eigenvalue weighted by molar-refractivity contribution is 0.483. The number of hydrogen-bond acceptors (Lipinski definition) is 4.